The summed E-state index contributed by atoms with van der Waals surface area (Å²) in [6, 6.07) is 2.37. The third kappa shape index (κ3) is 5.95. The van der Waals surface area contributed by atoms with Gasteiger partial charge in [-0.3, -0.25) is 9.59 Å². The van der Waals surface area contributed by atoms with E-state index < -0.39 is 35.1 Å². The van der Waals surface area contributed by atoms with Gasteiger partial charge >= 0.3 is 6.18 Å². The Labute approximate surface area is 211 Å². The number of nitrogens with zero attached hydrogens (tertiary/aromatic N) is 3. The third-order valence-corrected chi connectivity index (χ3v) is 7.17. The first-order valence-electron chi connectivity index (χ1n) is 11.3. The Morgan fingerprint density at radius 2 is 1.83 bits per heavy atom. The number of primary amides is 1. The van der Waals surface area contributed by atoms with Crippen LogP contribution in [0.4, 0.5) is 17.6 Å². The van der Waals surface area contributed by atoms with Crippen molar-refractivity contribution in [1.29, 1.82) is 0 Å². The van der Waals surface area contributed by atoms with Crippen molar-refractivity contribution in [3.63, 3.8) is 0 Å². The molecule has 0 spiro atoms. The van der Waals surface area contributed by atoms with E-state index in [0.29, 0.717) is 11.4 Å². The number of nitrogens with two attached hydrogens (primary N) is 1. The molecule has 1 aromatic carbocycles. The number of hydrogen-bond donors (Lipinski definition) is 2. The summed E-state index contributed by atoms with van der Waals surface area (Å²) in [7, 11) is 3.49. The maximum atomic E-state index is 14.4. The van der Waals surface area contributed by atoms with E-state index in [-0.39, 0.29) is 54.4 Å². The molecule has 2 atom stereocenters. The van der Waals surface area contributed by atoms with E-state index in [4.69, 9.17) is 17.3 Å². The predicted molar refractivity (Wildman–Crippen MR) is 126 cm³/mol. The van der Waals surface area contributed by atoms with Gasteiger partial charge in [0.1, 0.15) is 5.82 Å². The number of hydrogen-bond acceptors (Lipinski definition) is 5. The minimum atomic E-state index is -4.47. The van der Waals surface area contributed by atoms with Gasteiger partial charge in [-0.1, -0.05) is 17.7 Å². The first-order chi connectivity index (χ1) is 16.8. The van der Waals surface area contributed by atoms with Crippen LogP contribution in [0.3, 0.4) is 0 Å². The van der Waals surface area contributed by atoms with Crippen LogP contribution in [-0.2, 0) is 11.2 Å². The number of aromatic nitrogens is 2. The van der Waals surface area contributed by atoms with Gasteiger partial charge < -0.3 is 16.0 Å². The van der Waals surface area contributed by atoms with Crippen molar-refractivity contribution >= 4 is 23.4 Å². The summed E-state index contributed by atoms with van der Waals surface area (Å²) in [5.41, 5.74) is 3.51. The fraction of sp³-hybridized carbons (Fsp3) is 0.500. The number of rotatable bonds is 10. The number of benzene rings is 1. The molecule has 0 radical (unpaired) electrons. The van der Waals surface area contributed by atoms with Crippen LogP contribution < -0.4 is 11.1 Å². The number of alkyl halides is 3. The van der Waals surface area contributed by atoms with Gasteiger partial charge in [0.15, 0.2) is 5.82 Å². The topological polar surface area (TPSA) is 101 Å². The molecule has 2 aromatic rings. The van der Waals surface area contributed by atoms with E-state index in [1.165, 1.54) is 24.5 Å². The molecule has 1 aliphatic carbocycles. The summed E-state index contributed by atoms with van der Waals surface area (Å²) < 4.78 is 56.2. The highest BCUT2D eigenvalue weighted by atomic mass is 35.5. The summed E-state index contributed by atoms with van der Waals surface area (Å²) in [4.78, 5) is 34.0. The minimum absolute atomic E-state index is 0.0615. The Balaban J connectivity index is 1.73. The summed E-state index contributed by atoms with van der Waals surface area (Å²) in [5.74, 6) is -3.11. The van der Waals surface area contributed by atoms with Crippen molar-refractivity contribution in [2.24, 2.45) is 11.1 Å². The van der Waals surface area contributed by atoms with Crippen molar-refractivity contribution in [2.75, 3.05) is 20.6 Å². The summed E-state index contributed by atoms with van der Waals surface area (Å²) >= 11 is 6.09. The van der Waals surface area contributed by atoms with Gasteiger partial charge in [0.05, 0.1) is 16.0 Å². The molecule has 0 saturated heterocycles. The molecule has 0 bridgehead atoms. The molecule has 0 unspecified atom stereocenters. The number of nitrogens with one attached hydrogen (secondary N) is 1. The third-order valence-electron chi connectivity index (χ3n) is 6.76. The zero-order valence-electron chi connectivity index (χ0n) is 20.1. The van der Waals surface area contributed by atoms with Gasteiger partial charge in [-0.05, 0) is 57.5 Å². The van der Waals surface area contributed by atoms with E-state index in [1.54, 1.807) is 25.9 Å². The number of carbonyl (C=O) groups is 2. The summed E-state index contributed by atoms with van der Waals surface area (Å²) in [5, 5.41) is 2.47. The molecule has 3 rings (SSSR count). The average Bonchev–Trinajstić information content (AvgIpc) is 3.60. The van der Waals surface area contributed by atoms with Crippen molar-refractivity contribution in [3.8, 4) is 0 Å². The molecular weight excluding hydrogens is 502 g/mol. The first-order valence-corrected chi connectivity index (χ1v) is 11.7. The normalized spacial score (nSPS) is 16.5. The molecule has 3 N–H and O–H groups in total. The number of likely N-dealkylation sites (N-methyl/N-ethyl adjacent to an activating group) is 1. The SMILES string of the molecule is Cc1ncc([C@H](CC(=O)NC[C@H](Cc2ccc(C(N)=O)c(F)c2Cl)N(C)C)C2(C(F)(F)F)CC2)cn1. The van der Waals surface area contributed by atoms with Crippen LogP contribution in [0.1, 0.15) is 52.5 Å². The van der Waals surface area contributed by atoms with E-state index >= 15 is 0 Å². The van der Waals surface area contributed by atoms with Crippen LogP contribution in [0, 0.1) is 18.2 Å². The van der Waals surface area contributed by atoms with Crippen LogP contribution in [0.2, 0.25) is 5.02 Å². The summed E-state index contributed by atoms with van der Waals surface area (Å²) in [6.45, 7) is 1.71. The standard InChI is InChI=1S/C24H28ClF4N5O2/c1-13-31-10-15(11-32-13)18(23(6-7-23)24(27,28)29)9-19(35)33-12-16(34(2)3)8-14-4-5-17(22(30)36)21(26)20(14)25/h4-5,10-11,16,18H,6-9,12H2,1-3H3,(H2,30,36)(H,33,35)/t16-,18-/m0/s1. The second kappa shape index (κ2) is 10.7. The quantitative estimate of drug-likeness (QED) is 0.456. The Bertz CT molecular complexity index is 1120. The second-order valence-electron chi connectivity index (χ2n) is 9.36. The monoisotopic (exact) mass is 529 g/mol. The largest absolute Gasteiger partial charge is 0.395 e. The van der Waals surface area contributed by atoms with Gasteiger partial charge in [-0.2, -0.15) is 13.2 Å². The Morgan fingerprint density at radius 1 is 1.22 bits per heavy atom. The lowest BCUT2D eigenvalue weighted by Gasteiger charge is -2.30. The maximum Gasteiger partial charge on any atom is 0.395 e. The highest BCUT2D eigenvalue weighted by Crippen LogP contribution is 2.66. The van der Waals surface area contributed by atoms with Crippen LogP contribution >= 0.6 is 11.6 Å². The van der Waals surface area contributed by atoms with E-state index in [9.17, 15) is 27.2 Å². The molecule has 1 heterocycles. The zero-order valence-corrected chi connectivity index (χ0v) is 20.9. The summed E-state index contributed by atoms with van der Waals surface area (Å²) in [6.07, 6.45) is -2.06. The number of amides is 2. The maximum absolute atomic E-state index is 14.4. The van der Waals surface area contributed by atoms with Crippen LogP contribution in [-0.4, -0.2) is 59.5 Å². The van der Waals surface area contributed by atoms with Gasteiger partial charge in [-0.15, -0.1) is 0 Å². The van der Waals surface area contributed by atoms with Crippen molar-refractivity contribution < 1.29 is 27.2 Å². The van der Waals surface area contributed by atoms with Crippen LogP contribution in [0.15, 0.2) is 24.5 Å². The van der Waals surface area contributed by atoms with Gasteiger partial charge in [0.25, 0.3) is 5.91 Å². The molecule has 36 heavy (non-hydrogen) atoms. The lowest BCUT2D eigenvalue weighted by atomic mass is 9.81. The molecule has 0 aliphatic heterocycles. The lowest BCUT2D eigenvalue weighted by molar-refractivity contribution is -0.194. The van der Waals surface area contributed by atoms with E-state index in [0.717, 1.165) is 0 Å². The predicted octanol–water partition coefficient (Wildman–Crippen LogP) is 3.78. The Kier molecular flexibility index (Phi) is 8.24. The first kappa shape index (κ1) is 27.8. The molecule has 1 aromatic heterocycles. The van der Waals surface area contributed by atoms with Crippen LogP contribution in [0.5, 0.6) is 0 Å². The second-order valence-corrected chi connectivity index (χ2v) is 9.74. The van der Waals surface area contributed by atoms with E-state index in [2.05, 4.69) is 15.3 Å². The highest BCUT2D eigenvalue weighted by molar-refractivity contribution is 6.32. The molecule has 1 saturated carbocycles. The van der Waals surface area contributed by atoms with Gasteiger partial charge in [-0.25, -0.2) is 14.4 Å². The van der Waals surface area contributed by atoms with Crippen molar-refractivity contribution in [2.45, 2.75) is 50.7 Å². The smallest absolute Gasteiger partial charge is 0.366 e. The molecule has 1 fully saturated rings. The van der Waals surface area contributed by atoms with E-state index in [1.807, 2.05) is 0 Å². The zero-order chi connectivity index (χ0) is 26.8. The average molecular weight is 530 g/mol. The molecule has 196 valence electrons. The number of carbonyl (C=O) groups excluding carboxylic acids is 2. The molecule has 2 amide bonds. The van der Waals surface area contributed by atoms with Gasteiger partial charge in [0.2, 0.25) is 5.91 Å². The molecule has 12 heteroatoms. The molecular formula is C24H28ClF4N5O2. The molecule has 7 nitrogen and oxygen atoms in total. The Hall–Kier alpha value is -2.79. The number of aryl methyl sites for hydroxylation is 1. The van der Waals surface area contributed by atoms with Crippen LogP contribution in [0.25, 0.3) is 0 Å². The minimum Gasteiger partial charge on any atom is -0.366 e. The fourth-order valence-electron chi connectivity index (χ4n) is 4.30. The highest BCUT2D eigenvalue weighted by Gasteiger charge is 2.67. The Morgan fingerprint density at radius 3 is 2.33 bits per heavy atom. The van der Waals surface area contributed by atoms with Crippen molar-refractivity contribution in [1.82, 2.24) is 20.2 Å². The lowest BCUT2D eigenvalue weighted by Crippen LogP contribution is -2.43. The molecule has 1 aliphatic rings. The van der Waals surface area contributed by atoms with Gasteiger partial charge in [0, 0.05) is 37.3 Å². The number of halogens is 5. The fourth-order valence-corrected chi connectivity index (χ4v) is 4.54. The van der Waals surface area contributed by atoms with Crippen molar-refractivity contribution in [3.05, 3.63) is 57.9 Å².